The van der Waals surface area contributed by atoms with Gasteiger partial charge in [-0.15, -0.1) is 0 Å². The number of hydrogen-bond donors (Lipinski definition) is 1. The van der Waals surface area contributed by atoms with E-state index in [0.717, 1.165) is 43.4 Å². The van der Waals surface area contributed by atoms with Gasteiger partial charge in [0.25, 0.3) is 5.91 Å². The Kier molecular flexibility index (Phi) is 6.39. The number of rotatable bonds is 5. The van der Waals surface area contributed by atoms with Crippen LogP contribution in [-0.4, -0.2) is 44.9 Å². The summed E-state index contributed by atoms with van der Waals surface area (Å²) in [6.45, 7) is 2.13. The Morgan fingerprint density at radius 3 is 2.60 bits per heavy atom. The van der Waals surface area contributed by atoms with Crippen molar-refractivity contribution in [2.24, 2.45) is 5.92 Å². The number of amides is 1. The average molecular weight is 429 g/mol. The molecule has 1 amide bonds. The summed E-state index contributed by atoms with van der Waals surface area (Å²) in [5.74, 6) is 0.834. The second-order valence-electron chi connectivity index (χ2n) is 8.05. The number of carbonyl (C=O) groups excluding carboxylic acids is 1. The highest BCUT2D eigenvalue weighted by atomic mass is 32.2. The summed E-state index contributed by atoms with van der Waals surface area (Å²) in [6.07, 6.45) is 4.73. The molecule has 2 aromatic carbocycles. The Balaban J connectivity index is 1.40. The first-order valence-electron chi connectivity index (χ1n) is 10.6. The fourth-order valence-electron chi connectivity index (χ4n) is 4.09. The van der Waals surface area contributed by atoms with E-state index < -0.39 is 10.0 Å². The van der Waals surface area contributed by atoms with Crippen molar-refractivity contribution in [3.63, 3.8) is 0 Å². The molecular formula is C23H28N2O4S. The van der Waals surface area contributed by atoms with Crippen LogP contribution < -0.4 is 10.1 Å². The average Bonchev–Trinajstić information content (AvgIpc) is 3.08. The Morgan fingerprint density at radius 2 is 1.80 bits per heavy atom. The van der Waals surface area contributed by atoms with Gasteiger partial charge in [-0.05, 0) is 49.1 Å². The van der Waals surface area contributed by atoms with Crippen LogP contribution in [-0.2, 0) is 16.4 Å². The molecule has 0 aliphatic carbocycles. The van der Waals surface area contributed by atoms with Gasteiger partial charge in [0, 0.05) is 31.1 Å². The number of hydrogen-bond acceptors (Lipinski definition) is 4. The van der Waals surface area contributed by atoms with Gasteiger partial charge >= 0.3 is 0 Å². The van der Waals surface area contributed by atoms with E-state index in [1.807, 2.05) is 24.3 Å². The smallest absolute Gasteiger partial charge is 0.251 e. The molecule has 1 unspecified atom stereocenters. The molecule has 1 fully saturated rings. The standard InChI is InChI=1S/C23H28N2O4S/c26-23(24-16-18-14-19-8-3-4-11-22(19)29-17-18)20-9-7-10-21(15-20)30(27,28)25-12-5-1-2-6-13-25/h3-4,7-11,15,18H,1-2,5-6,12-14,16-17H2,(H,24,26). The summed E-state index contributed by atoms with van der Waals surface area (Å²) in [5, 5.41) is 2.94. The van der Waals surface area contributed by atoms with Crippen LogP contribution in [0.25, 0.3) is 0 Å². The third kappa shape index (κ3) is 4.68. The summed E-state index contributed by atoms with van der Waals surface area (Å²) < 4.78 is 33.4. The predicted octanol–water partition coefficient (Wildman–Crippen LogP) is 3.23. The Labute approximate surface area is 178 Å². The zero-order valence-electron chi connectivity index (χ0n) is 17.0. The monoisotopic (exact) mass is 428 g/mol. The lowest BCUT2D eigenvalue weighted by atomic mass is 9.96. The van der Waals surface area contributed by atoms with Gasteiger partial charge in [-0.3, -0.25) is 4.79 Å². The number of benzene rings is 2. The molecule has 2 aliphatic heterocycles. The molecule has 6 nitrogen and oxygen atoms in total. The van der Waals surface area contributed by atoms with E-state index >= 15 is 0 Å². The van der Waals surface area contributed by atoms with Gasteiger partial charge in [-0.25, -0.2) is 8.42 Å². The third-order valence-corrected chi connectivity index (χ3v) is 7.70. The summed E-state index contributed by atoms with van der Waals surface area (Å²) in [6, 6.07) is 14.3. The van der Waals surface area contributed by atoms with Crippen LogP contribution in [0.1, 0.15) is 41.6 Å². The van der Waals surface area contributed by atoms with Gasteiger partial charge in [0.15, 0.2) is 0 Å². The van der Waals surface area contributed by atoms with Gasteiger partial charge in [-0.1, -0.05) is 37.1 Å². The van der Waals surface area contributed by atoms with Crippen LogP contribution >= 0.6 is 0 Å². The van der Waals surface area contributed by atoms with E-state index in [1.165, 1.54) is 6.07 Å². The largest absolute Gasteiger partial charge is 0.493 e. The first kappa shape index (κ1) is 20.9. The minimum Gasteiger partial charge on any atom is -0.493 e. The van der Waals surface area contributed by atoms with E-state index in [-0.39, 0.29) is 16.7 Å². The van der Waals surface area contributed by atoms with E-state index in [1.54, 1.807) is 22.5 Å². The van der Waals surface area contributed by atoms with Crippen molar-refractivity contribution in [3.8, 4) is 5.75 Å². The molecule has 0 aromatic heterocycles. The molecule has 1 saturated heterocycles. The number of ether oxygens (including phenoxy) is 1. The number of fused-ring (bicyclic) bond motifs is 1. The lowest BCUT2D eigenvalue weighted by Gasteiger charge is -2.25. The second-order valence-corrected chi connectivity index (χ2v) is 9.98. The zero-order chi connectivity index (χ0) is 21.0. The first-order valence-corrected chi connectivity index (χ1v) is 12.1. The normalized spacial score (nSPS) is 19.9. The molecule has 1 atom stereocenters. The summed E-state index contributed by atoms with van der Waals surface area (Å²) >= 11 is 0. The summed E-state index contributed by atoms with van der Waals surface area (Å²) in [4.78, 5) is 12.9. The van der Waals surface area contributed by atoms with Crippen molar-refractivity contribution >= 4 is 15.9 Å². The summed E-state index contributed by atoms with van der Waals surface area (Å²) in [5.41, 5.74) is 1.51. The van der Waals surface area contributed by atoms with Crippen molar-refractivity contribution in [2.45, 2.75) is 37.0 Å². The molecule has 0 radical (unpaired) electrons. The lowest BCUT2D eigenvalue weighted by Crippen LogP contribution is -2.35. The lowest BCUT2D eigenvalue weighted by molar-refractivity contribution is 0.0939. The van der Waals surface area contributed by atoms with E-state index in [4.69, 9.17) is 4.74 Å². The summed E-state index contributed by atoms with van der Waals surface area (Å²) in [7, 11) is -3.58. The molecular weight excluding hydrogens is 400 g/mol. The van der Waals surface area contributed by atoms with Crippen LogP contribution in [0.5, 0.6) is 5.75 Å². The van der Waals surface area contributed by atoms with Crippen LogP contribution in [0.4, 0.5) is 0 Å². The van der Waals surface area contributed by atoms with Crippen molar-refractivity contribution in [2.75, 3.05) is 26.2 Å². The number of nitrogens with zero attached hydrogens (tertiary/aromatic N) is 1. The topological polar surface area (TPSA) is 75.7 Å². The molecule has 0 bridgehead atoms. The van der Waals surface area contributed by atoms with Gasteiger partial charge < -0.3 is 10.1 Å². The van der Waals surface area contributed by atoms with E-state index in [9.17, 15) is 13.2 Å². The molecule has 2 heterocycles. The number of nitrogens with one attached hydrogen (secondary N) is 1. The molecule has 160 valence electrons. The fraction of sp³-hybridized carbons (Fsp3) is 0.435. The zero-order valence-corrected chi connectivity index (χ0v) is 17.9. The van der Waals surface area contributed by atoms with Gasteiger partial charge in [0.05, 0.1) is 11.5 Å². The molecule has 0 saturated carbocycles. The van der Waals surface area contributed by atoms with Crippen LogP contribution in [0.2, 0.25) is 0 Å². The van der Waals surface area contributed by atoms with Gasteiger partial charge in [-0.2, -0.15) is 4.31 Å². The van der Waals surface area contributed by atoms with Crippen LogP contribution in [0.15, 0.2) is 53.4 Å². The highest BCUT2D eigenvalue weighted by molar-refractivity contribution is 7.89. The minimum atomic E-state index is -3.58. The fourth-order valence-corrected chi connectivity index (χ4v) is 5.65. The number of sulfonamides is 1. The Bertz CT molecular complexity index is 998. The molecule has 30 heavy (non-hydrogen) atoms. The quantitative estimate of drug-likeness (QED) is 0.793. The van der Waals surface area contributed by atoms with Crippen molar-refractivity contribution < 1.29 is 17.9 Å². The van der Waals surface area contributed by atoms with Crippen molar-refractivity contribution in [1.29, 1.82) is 0 Å². The Hall–Kier alpha value is -2.38. The van der Waals surface area contributed by atoms with Crippen molar-refractivity contribution in [1.82, 2.24) is 9.62 Å². The van der Waals surface area contributed by atoms with E-state index in [2.05, 4.69) is 5.32 Å². The highest BCUT2D eigenvalue weighted by Gasteiger charge is 2.26. The van der Waals surface area contributed by atoms with Crippen LogP contribution in [0.3, 0.4) is 0 Å². The predicted molar refractivity (Wildman–Crippen MR) is 115 cm³/mol. The first-order chi connectivity index (χ1) is 14.5. The molecule has 2 aliphatic rings. The maximum absolute atomic E-state index is 13.0. The van der Waals surface area contributed by atoms with Crippen LogP contribution in [0, 0.1) is 5.92 Å². The molecule has 4 rings (SSSR count). The minimum absolute atomic E-state index is 0.187. The molecule has 1 N–H and O–H groups in total. The molecule has 0 spiro atoms. The number of carbonyl (C=O) groups is 1. The van der Waals surface area contributed by atoms with Gasteiger partial charge in [0.1, 0.15) is 5.75 Å². The highest BCUT2D eigenvalue weighted by Crippen LogP contribution is 2.26. The second kappa shape index (κ2) is 9.18. The SMILES string of the molecule is O=C(NCC1COc2ccccc2C1)c1cccc(S(=O)(=O)N2CCCCCC2)c1. The van der Waals surface area contributed by atoms with Crippen molar-refractivity contribution in [3.05, 3.63) is 59.7 Å². The third-order valence-electron chi connectivity index (χ3n) is 5.81. The van der Waals surface area contributed by atoms with E-state index in [0.29, 0.717) is 31.8 Å². The molecule has 2 aromatic rings. The maximum atomic E-state index is 13.0. The molecule has 7 heteroatoms. The number of para-hydroxylation sites is 1. The maximum Gasteiger partial charge on any atom is 0.251 e. The Morgan fingerprint density at radius 1 is 1.03 bits per heavy atom. The van der Waals surface area contributed by atoms with Gasteiger partial charge in [0.2, 0.25) is 10.0 Å².